The largest absolute Gasteiger partial charge is 0.305 e. The molecule has 3 rings (SSSR count). The zero-order valence-corrected chi connectivity index (χ0v) is 15.1. The van der Waals surface area contributed by atoms with Gasteiger partial charge >= 0.3 is 0 Å². The van der Waals surface area contributed by atoms with Crippen molar-refractivity contribution in [3.8, 4) is 11.1 Å². The molecule has 26 heavy (non-hydrogen) atoms. The molecule has 6 nitrogen and oxygen atoms in total. The highest BCUT2D eigenvalue weighted by molar-refractivity contribution is 7.90. The van der Waals surface area contributed by atoms with E-state index in [1.807, 2.05) is 43.3 Å². The van der Waals surface area contributed by atoms with Gasteiger partial charge in [0.15, 0.2) is 20.7 Å². The fourth-order valence-corrected chi connectivity index (χ4v) is 3.06. The summed E-state index contributed by atoms with van der Waals surface area (Å²) in [7, 11) is -3.43. The van der Waals surface area contributed by atoms with Gasteiger partial charge in [0, 0.05) is 11.8 Å². The van der Waals surface area contributed by atoms with Gasteiger partial charge in [0.05, 0.1) is 0 Å². The quantitative estimate of drug-likeness (QED) is 0.765. The lowest BCUT2D eigenvalue weighted by Gasteiger charge is -2.12. The fraction of sp³-hybridized carbons (Fsp3) is 0.105. The molecule has 1 N–H and O–H groups in total. The van der Waals surface area contributed by atoms with Gasteiger partial charge in [-0.3, -0.25) is 4.79 Å². The molecule has 1 aromatic heterocycles. The number of hydrogen-bond donors (Lipinski definition) is 1. The van der Waals surface area contributed by atoms with Gasteiger partial charge in [0.1, 0.15) is 0 Å². The Balaban J connectivity index is 1.91. The molecule has 0 atom stereocenters. The Bertz CT molecular complexity index is 1060. The zero-order valence-electron chi connectivity index (χ0n) is 14.3. The average Bonchev–Trinajstić information content (AvgIpc) is 2.62. The molecule has 0 saturated carbocycles. The van der Waals surface area contributed by atoms with Crippen molar-refractivity contribution in [1.82, 2.24) is 10.2 Å². The molecule has 3 aromatic rings. The van der Waals surface area contributed by atoms with Gasteiger partial charge in [0.2, 0.25) is 0 Å². The van der Waals surface area contributed by atoms with Gasteiger partial charge in [-0.05, 0) is 41.8 Å². The van der Waals surface area contributed by atoms with E-state index in [9.17, 15) is 13.2 Å². The second-order valence-corrected chi connectivity index (χ2v) is 7.81. The Hall–Kier alpha value is -3.06. The summed E-state index contributed by atoms with van der Waals surface area (Å²) in [6, 6.07) is 17.8. The number of aromatic nitrogens is 2. The summed E-state index contributed by atoms with van der Waals surface area (Å²) in [5.74, 6) is -0.160. The predicted octanol–water partition coefficient (Wildman–Crippen LogP) is 3.11. The van der Waals surface area contributed by atoms with E-state index >= 15 is 0 Å². The highest BCUT2D eigenvalue weighted by atomic mass is 32.2. The Morgan fingerprint density at radius 2 is 1.54 bits per heavy atom. The summed E-state index contributed by atoms with van der Waals surface area (Å²) in [5.41, 5.74) is 3.33. The lowest BCUT2D eigenvalue weighted by molar-refractivity contribution is 0.102. The molecule has 0 spiro atoms. The molecule has 1 amide bonds. The molecule has 0 aliphatic carbocycles. The maximum Gasteiger partial charge on any atom is 0.257 e. The van der Waals surface area contributed by atoms with Crippen LogP contribution < -0.4 is 5.32 Å². The third-order valence-electron chi connectivity index (χ3n) is 3.87. The van der Waals surface area contributed by atoms with E-state index in [0.717, 1.165) is 22.9 Å². The van der Waals surface area contributed by atoms with Crippen LogP contribution in [0, 0.1) is 6.92 Å². The summed E-state index contributed by atoms with van der Waals surface area (Å²) in [4.78, 5) is 12.7. The van der Waals surface area contributed by atoms with Crippen LogP contribution in [-0.2, 0) is 9.84 Å². The number of anilines is 1. The van der Waals surface area contributed by atoms with E-state index in [2.05, 4.69) is 15.5 Å². The average molecular weight is 367 g/mol. The number of carbonyl (C=O) groups is 1. The number of carbonyl (C=O) groups excluding carboxylic acids is 1. The first-order valence-corrected chi connectivity index (χ1v) is 9.75. The minimum atomic E-state index is -3.43. The van der Waals surface area contributed by atoms with E-state index in [1.54, 1.807) is 12.1 Å². The van der Waals surface area contributed by atoms with Crippen molar-refractivity contribution in [3.05, 3.63) is 71.8 Å². The number of nitrogens with zero attached hydrogens (tertiary/aromatic N) is 2. The first-order valence-electron chi connectivity index (χ1n) is 7.86. The Kier molecular flexibility index (Phi) is 4.81. The Morgan fingerprint density at radius 1 is 0.885 bits per heavy atom. The Morgan fingerprint density at radius 3 is 2.15 bits per heavy atom. The number of benzene rings is 2. The maximum absolute atomic E-state index is 12.7. The molecule has 0 aliphatic heterocycles. The van der Waals surface area contributed by atoms with Crippen LogP contribution in [0.2, 0.25) is 0 Å². The first kappa shape index (κ1) is 17.8. The van der Waals surface area contributed by atoms with E-state index in [4.69, 9.17) is 0 Å². The first-order chi connectivity index (χ1) is 12.4. The number of nitrogens with one attached hydrogen (secondary N) is 1. The Labute approximate surface area is 151 Å². The lowest BCUT2D eigenvalue weighted by atomic mass is 9.96. The van der Waals surface area contributed by atoms with Crippen molar-refractivity contribution in [3.63, 3.8) is 0 Å². The van der Waals surface area contributed by atoms with Crippen molar-refractivity contribution >= 4 is 21.6 Å². The molecule has 1 heterocycles. The molecule has 0 radical (unpaired) electrons. The molecule has 2 aromatic carbocycles. The number of amides is 1. The van der Waals surface area contributed by atoms with Crippen molar-refractivity contribution in [2.75, 3.05) is 11.6 Å². The van der Waals surface area contributed by atoms with Gasteiger partial charge in [0.25, 0.3) is 5.91 Å². The topological polar surface area (TPSA) is 89.0 Å². The minimum Gasteiger partial charge on any atom is -0.305 e. The molecule has 0 saturated heterocycles. The highest BCUT2D eigenvalue weighted by Crippen LogP contribution is 2.27. The second kappa shape index (κ2) is 7.05. The van der Waals surface area contributed by atoms with Crippen LogP contribution in [-0.4, -0.2) is 30.8 Å². The van der Waals surface area contributed by atoms with Crippen molar-refractivity contribution in [2.45, 2.75) is 11.9 Å². The highest BCUT2D eigenvalue weighted by Gasteiger charge is 2.15. The molecule has 0 fully saturated rings. The lowest BCUT2D eigenvalue weighted by Crippen LogP contribution is -2.15. The summed E-state index contributed by atoms with van der Waals surface area (Å²) in [5, 5.41) is 9.92. The third-order valence-corrected chi connectivity index (χ3v) is 4.85. The molecular weight excluding hydrogens is 350 g/mol. The third kappa shape index (κ3) is 3.78. The van der Waals surface area contributed by atoms with Gasteiger partial charge in [-0.2, -0.15) is 0 Å². The fourth-order valence-electron chi connectivity index (χ4n) is 2.56. The predicted molar refractivity (Wildman–Crippen MR) is 99.7 cm³/mol. The van der Waals surface area contributed by atoms with Gasteiger partial charge in [-0.25, -0.2) is 8.42 Å². The number of sulfone groups is 1. The molecule has 0 unspecified atom stereocenters. The van der Waals surface area contributed by atoms with Gasteiger partial charge in [-0.15, -0.1) is 10.2 Å². The second-order valence-electron chi connectivity index (χ2n) is 5.84. The number of rotatable bonds is 4. The number of hydrogen-bond acceptors (Lipinski definition) is 5. The smallest absolute Gasteiger partial charge is 0.257 e. The van der Waals surface area contributed by atoms with E-state index < -0.39 is 9.84 Å². The van der Waals surface area contributed by atoms with Crippen molar-refractivity contribution < 1.29 is 13.2 Å². The van der Waals surface area contributed by atoms with Gasteiger partial charge in [-0.1, -0.05) is 42.5 Å². The monoisotopic (exact) mass is 367 g/mol. The van der Waals surface area contributed by atoms with Crippen LogP contribution >= 0.6 is 0 Å². The van der Waals surface area contributed by atoms with Crippen LogP contribution in [0.15, 0.2) is 65.7 Å². The molecule has 132 valence electrons. The van der Waals surface area contributed by atoms with Crippen molar-refractivity contribution in [1.29, 1.82) is 0 Å². The van der Waals surface area contributed by atoms with Gasteiger partial charge < -0.3 is 5.32 Å². The molecule has 7 heteroatoms. The standard InChI is InChI=1S/C19H17N3O3S/c1-13-7-3-4-8-14(13)15-9-5-6-10-16(15)19(23)20-17-11-12-18(22-21-17)26(2,24)25/h3-12H,1-2H3,(H,20,21,23). The van der Waals surface area contributed by atoms with E-state index in [-0.39, 0.29) is 16.8 Å². The summed E-state index contributed by atoms with van der Waals surface area (Å²) in [6.45, 7) is 1.99. The van der Waals surface area contributed by atoms with E-state index in [1.165, 1.54) is 12.1 Å². The van der Waals surface area contributed by atoms with Crippen LogP contribution in [0.25, 0.3) is 11.1 Å². The SMILES string of the molecule is Cc1ccccc1-c1ccccc1C(=O)Nc1ccc(S(C)(=O)=O)nn1. The zero-order chi connectivity index (χ0) is 18.7. The summed E-state index contributed by atoms with van der Waals surface area (Å²) in [6.07, 6.45) is 1.05. The normalized spacial score (nSPS) is 11.2. The maximum atomic E-state index is 12.7. The van der Waals surface area contributed by atoms with Crippen molar-refractivity contribution in [2.24, 2.45) is 0 Å². The molecule has 0 aliphatic rings. The van der Waals surface area contributed by atoms with Crippen LogP contribution in [0.3, 0.4) is 0 Å². The minimum absolute atomic E-state index is 0.143. The number of aryl methyl sites for hydroxylation is 1. The summed E-state index contributed by atoms with van der Waals surface area (Å²) < 4.78 is 22.9. The molecular formula is C19H17N3O3S. The van der Waals surface area contributed by atoms with Crippen LogP contribution in [0.5, 0.6) is 0 Å². The van der Waals surface area contributed by atoms with Crippen LogP contribution in [0.4, 0.5) is 5.82 Å². The summed E-state index contributed by atoms with van der Waals surface area (Å²) >= 11 is 0. The molecule has 0 bridgehead atoms. The van der Waals surface area contributed by atoms with Crippen LogP contribution in [0.1, 0.15) is 15.9 Å². The van der Waals surface area contributed by atoms with E-state index in [0.29, 0.717) is 5.56 Å².